The third-order valence-corrected chi connectivity index (χ3v) is 3.20. The van der Waals surface area contributed by atoms with Gasteiger partial charge in [-0.2, -0.15) is 0 Å². The van der Waals surface area contributed by atoms with Crippen LogP contribution >= 0.6 is 0 Å². The van der Waals surface area contributed by atoms with Gasteiger partial charge in [-0.3, -0.25) is 10.1 Å². The Labute approximate surface area is 121 Å². The standard InChI is InChI=1S/C16H26N2O2/c1-6-15(13-7-9-14(20-5)10-8-13)18-12(4)16(19)17-11(2)3/h7-12,15,18H,6H2,1-5H3,(H,17,19)/t12-,15+/m1/s1. The summed E-state index contributed by atoms with van der Waals surface area (Å²) in [4.78, 5) is 11.9. The van der Waals surface area contributed by atoms with Crippen molar-refractivity contribution in [3.63, 3.8) is 0 Å². The predicted molar refractivity (Wildman–Crippen MR) is 81.9 cm³/mol. The minimum Gasteiger partial charge on any atom is -0.497 e. The van der Waals surface area contributed by atoms with Gasteiger partial charge in [0.15, 0.2) is 0 Å². The summed E-state index contributed by atoms with van der Waals surface area (Å²) in [6, 6.07) is 8.06. The Morgan fingerprint density at radius 3 is 2.25 bits per heavy atom. The van der Waals surface area contributed by atoms with Crippen LogP contribution in [0.15, 0.2) is 24.3 Å². The monoisotopic (exact) mass is 278 g/mol. The van der Waals surface area contributed by atoms with E-state index >= 15 is 0 Å². The molecule has 4 heteroatoms. The molecule has 2 N–H and O–H groups in total. The lowest BCUT2D eigenvalue weighted by Gasteiger charge is -2.23. The van der Waals surface area contributed by atoms with Gasteiger partial charge in [0.25, 0.3) is 0 Å². The number of carbonyl (C=O) groups is 1. The first-order chi connectivity index (χ1) is 9.47. The zero-order chi connectivity index (χ0) is 15.1. The zero-order valence-corrected chi connectivity index (χ0v) is 13.1. The molecule has 0 heterocycles. The fraction of sp³-hybridized carbons (Fsp3) is 0.562. The second-order valence-corrected chi connectivity index (χ2v) is 5.29. The van der Waals surface area contributed by atoms with Crippen molar-refractivity contribution in [3.05, 3.63) is 29.8 Å². The Bertz CT molecular complexity index is 415. The molecular weight excluding hydrogens is 252 g/mol. The molecule has 1 aromatic carbocycles. The number of nitrogens with one attached hydrogen (secondary N) is 2. The minimum absolute atomic E-state index is 0.0342. The van der Waals surface area contributed by atoms with Crippen molar-refractivity contribution in [2.75, 3.05) is 7.11 Å². The van der Waals surface area contributed by atoms with E-state index in [-0.39, 0.29) is 24.0 Å². The first-order valence-electron chi connectivity index (χ1n) is 7.18. The quantitative estimate of drug-likeness (QED) is 0.806. The Hall–Kier alpha value is -1.55. The molecular formula is C16H26N2O2. The van der Waals surface area contributed by atoms with Gasteiger partial charge in [0.1, 0.15) is 5.75 Å². The topological polar surface area (TPSA) is 50.4 Å². The average molecular weight is 278 g/mol. The maximum absolute atomic E-state index is 11.9. The molecule has 0 aliphatic carbocycles. The van der Waals surface area contributed by atoms with E-state index < -0.39 is 0 Å². The normalized spacial score (nSPS) is 13.9. The Morgan fingerprint density at radius 2 is 1.80 bits per heavy atom. The molecule has 0 radical (unpaired) electrons. The molecule has 0 aliphatic heterocycles. The number of carbonyl (C=O) groups excluding carboxylic acids is 1. The molecule has 0 spiro atoms. The molecule has 1 aromatic rings. The molecule has 112 valence electrons. The van der Waals surface area contributed by atoms with E-state index in [1.54, 1.807) is 7.11 Å². The molecule has 0 unspecified atom stereocenters. The summed E-state index contributed by atoms with van der Waals surface area (Å²) in [5.41, 5.74) is 1.16. The van der Waals surface area contributed by atoms with Crippen molar-refractivity contribution in [3.8, 4) is 5.75 Å². The first-order valence-corrected chi connectivity index (χ1v) is 7.18. The van der Waals surface area contributed by atoms with Crippen LogP contribution in [0.5, 0.6) is 5.75 Å². The second kappa shape index (κ2) is 7.90. The lowest BCUT2D eigenvalue weighted by Crippen LogP contribution is -2.45. The SMILES string of the molecule is CC[C@H](N[C@H](C)C(=O)NC(C)C)c1ccc(OC)cc1. The zero-order valence-electron chi connectivity index (χ0n) is 13.1. The maximum Gasteiger partial charge on any atom is 0.237 e. The number of hydrogen-bond donors (Lipinski definition) is 2. The van der Waals surface area contributed by atoms with Crippen molar-refractivity contribution in [1.29, 1.82) is 0 Å². The van der Waals surface area contributed by atoms with Crippen LogP contribution in [0.1, 0.15) is 45.7 Å². The highest BCUT2D eigenvalue weighted by atomic mass is 16.5. The highest BCUT2D eigenvalue weighted by Crippen LogP contribution is 2.20. The molecule has 0 aromatic heterocycles. The van der Waals surface area contributed by atoms with Crippen LogP contribution in [0, 0.1) is 0 Å². The number of methoxy groups -OCH3 is 1. The second-order valence-electron chi connectivity index (χ2n) is 5.29. The van der Waals surface area contributed by atoms with E-state index in [1.165, 1.54) is 0 Å². The highest BCUT2D eigenvalue weighted by molar-refractivity contribution is 5.81. The van der Waals surface area contributed by atoms with Gasteiger partial charge in [-0.25, -0.2) is 0 Å². The summed E-state index contributed by atoms with van der Waals surface area (Å²) in [5, 5.41) is 6.29. The van der Waals surface area contributed by atoms with Crippen LogP contribution in [0.25, 0.3) is 0 Å². The van der Waals surface area contributed by atoms with Crippen molar-refractivity contribution in [1.82, 2.24) is 10.6 Å². The average Bonchev–Trinajstić information content (AvgIpc) is 2.43. The van der Waals surface area contributed by atoms with Gasteiger partial charge < -0.3 is 10.1 Å². The Balaban J connectivity index is 2.68. The molecule has 0 aliphatic rings. The molecule has 0 saturated carbocycles. The van der Waals surface area contributed by atoms with Gasteiger partial charge >= 0.3 is 0 Å². The Kier molecular flexibility index (Phi) is 6.52. The predicted octanol–water partition coefficient (Wildman–Crippen LogP) is 2.65. The third-order valence-electron chi connectivity index (χ3n) is 3.20. The van der Waals surface area contributed by atoms with Gasteiger partial charge in [0.05, 0.1) is 13.2 Å². The van der Waals surface area contributed by atoms with E-state index in [0.717, 1.165) is 17.7 Å². The summed E-state index contributed by atoms with van der Waals surface area (Å²) < 4.78 is 5.16. The third kappa shape index (κ3) is 4.85. The van der Waals surface area contributed by atoms with E-state index in [9.17, 15) is 4.79 Å². The number of benzene rings is 1. The van der Waals surface area contributed by atoms with Crippen molar-refractivity contribution >= 4 is 5.91 Å². The Morgan fingerprint density at radius 1 is 1.20 bits per heavy atom. The van der Waals surface area contributed by atoms with Crippen LogP contribution < -0.4 is 15.4 Å². The lowest BCUT2D eigenvalue weighted by molar-refractivity contribution is -0.123. The summed E-state index contributed by atoms with van der Waals surface area (Å²) >= 11 is 0. The molecule has 20 heavy (non-hydrogen) atoms. The van der Waals surface area contributed by atoms with Gasteiger partial charge in [-0.15, -0.1) is 0 Å². The molecule has 0 saturated heterocycles. The van der Waals surface area contributed by atoms with Gasteiger partial charge in [-0.1, -0.05) is 19.1 Å². The van der Waals surface area contributed by atoms with Crippen LogP contribution in [0.2, 0.25) is 0 Å². The number of rotatable bonds is 7. The largest absolute Gasteiger partial charge is 0.497 e. The highest BCUT2D eigenvalue weighted by Gasteiger charge is 2.18. The maximum atomic E-state index is 11.9. The van der Waals surface area contributed by atoms with Crippen LogP contribution in [-0.4, -0.2) is 25.1 Å². The molecule has 4 nitrogen and oxygen atoms in total. The first kappa shape index (κ1) is 16.5. The van der Waals surface area contributed by atoms with Crippen molar-refractivity contribution < 1.29 is 9.53 Å². The smallest absolute Gasteiger partial charge is 0.237 e. The summed E-state index contributed by atoms with van der Waals surface area (Å²) in [5.74, 6) is 0.876. The minimum atomic E-state index is -0.218. The van der Waals surface area contributed by atoms with Crippen LogP contribution in [-0.2, 0) is 4.79 Å². The van der Waals surface area contributed by atoms with E-state index in [0.29, 0.717) is 0 Å². The van der Waals surface area contributed by atoms with E-state index in [4.69, 9.17) is 4.74 Å². The molecule has 2 atom stereocenters. The van der Waals surface area contributed by atoms with Crippen LogP contribution in [0.4, 0.5) is 0 Å². The summed E-state index contributed by atoms with van der Waals surface area (Å²) in [7, 11) is 1.66. The van der Waals surface area contributed by atoms with Crippen LogP contribution in [0.3, 0.4) is 0 Å². The van der Waals surface area contributed by atoms with Gasteiger partial charge in [0.2, 0.25) is 5.91 Å². The molecule has 0 bridgehead atoms. The van der Waals surface area contributed by atoms with Crippen molar-refractivity contribution in [2.24, 2.45) is 0 Å². The van der Waals surface area contributed by atoms with Gasteiger partial charge in [-0.05, 0) is 44.9 Å². The fourth-order valence-corrected chi connectivity index (χ4v) is 2.07. The van der Waals surface area contributed by atoms with E-state index in [1.807, 2.05) is 45.0 Å². The number of amides is 1. The number of hydrogen-bond acceptors (Lipinski definition) is 3. The summed E-state index contributed by atoms with van der Waals surface area (Å²) in [6.45, 7) is 7.93. The molecule has 0 fully saturated rings. The summed E-state index contributed by atoms with van der Waals surface area (Å²) in [6.07, 6.45) is 0.922. The molecule has 1 amide bonds. The molecule has 1 rings (SSSR count). The lowest BCUT2D eigenvalue weighted by atomic mass is 10.0. The fourth-order valence-electron chi connectivity index (χ4n) is 2.07. The van der Waals surface area contributed by atoms with Gasteiger partial charge in [0, 0.05) is 12.1 Å². The van der Waals surface area contributed by atoms with Crippen molar-refractivity contribution in [2.45, 2.75) is 52.2 Å². The van der Waals surface area contributed by atoms with E-state index in [2.05, 4.69) is 17.6 Å². The number of ether oxygens (including phenoxy) is 1.